The second-order valence-corrected chi connectivity index (χ2v) is 13.7. The van der Waals surface area contributed by atoms with Gasteiger partial charge in [0, 0.05) is 16.8 Å². The maximum Gasteiger partial charge on any atom is 0.0713 e. The van der Waals surface area contributed by atoms with E-state index in [1.54, 1.807) is 0 Å². The van der Waals surface area contributed by atoms with Crippen molar-refractivity contribution in [2.45, 2.75) is 5.41 Å². The Hall–Kier alpha value is -6.70. The lowest BCUT2D eigenvalue weighted by atomic mass is 9.68. The van der Waals surface area contributed by atoms with Crippen LogP contribution in [0.4, 0.5) is 17.1 Å². The fraction of sp³-hybridized carbons (Fsp3) is 0.0196. The lowest BCUT2D eigenvalue weighted by Crippen LogP contribution is -2.28. The van der Waals surface area contributed by atoms with Crippen LogP contribution in [0, 0.1) is 0 Å². The molecule has 1 aliphatic carbocycles. The monoisotopic (exact) mass is 661 g/mol. The molecular weight excluding hydrogens is 627 g/mol. The number of hydrogen-bond acceptors (Lipinski definition) is 1. The molecule has 244 valence electrons. The summed E-state index contributed by atoms with van der Waals surface area (Å²) in [5.41, 5.74) is 13.1. The van der Waals surface area contributed by atoms with Crippen LogP contribution in [-0.2, 0) is 5.41 Å². The van der Waals surface area contributed by atoms with E-state index in [1.807, 2.05) is 0 Å². The lowest BCUT2D eigenvalue weighted by molar-refractivity contribution is 0.768. The minimum Gasteiger partial charge on any atom is -0.310 e. The van der Waals surface area contributed by atoms with Crippen molar-refractivity contribution in [2.24, 2.45) is 0 Å². The summed E-state index contributed by atoms with van der Waals surface area (Å²) in [6.07, 6.45) is 0. The van der Waals surface area contributed by atoms with Crippen LogP contribution in [0.3, 0.4) is 0 Å². The molecule has 0 aliphatic heterocycles. The summed E-state index contributed by atoms with van der Waals surface area (Å²) in [6.45, 7) is 0. The van der Waals surface area contributed by atoms with Crippen LogP contribution in [0.15, 0.2) is 212 Å². The summed E-state index contributed by atoms with van der Waals surface area (Å²) in [5, 5.41) is 4.96. The Balaban J connectivity index is 1.24. The Morgan fingerprint density at radius 2 is 0.846 bits per heavy atom. The quantitative estimate of drug-likeness (QED) is 0.160. The molecule has 0 amide bonds. The molecule has 0 atom stereocenters. The van der Waals surface area contributed by atoms with E-state index >= 15 is 0 Å². The standard InChI is InChI=1S/C51H35N/c1-4-16-36(17-5-1)37-28-30-41(31-29-37)52(50-34-38-18-10-11-23-43(38)44-24-12-13-26-46(44)50)42-32-33-49-47(35-42)45-25-14-15-27-48(45)51(49,39-19-6-2-7-20-39)40-21-8-3-9-22-40/h1-35H. The van der Waals surface area contributed by atoms with Gasteiger partial charge >= 0.3 is 0 Å². The molecule has 0 heterocycles. The molecule has 0 radical (unpaired) electrons. The molecule has 0 saturated heterocycles. The zero-order valence-corrected chi connectivity index (χ0v) is 28.7. The highest BCUT2D eigenvalue weighted by Gasteiger charge is 2.46. The fourth-order valence-electron chi connectivity index (χ4n) is 8.66. The molecule has 1 nitrogen and oxygen atoms in total. The Bertz CT molecular complexity index is 2670. The third-order valence-corrected chi connectivity index (χ3v) is 10.9. The third kappa shape index (κ3) is 4.63. The van der Waals surface area contributed by atoms with Crippen molar-refractivity contribution < 1.29 is 0 Å². The SMILES string of the molecule is c1ccc(-c2ccc(N(c3ccc4c(c3)-c3ccccc3C4(c3ccccc3)c3ccccc3)c3cc4ccccc4c4ccccc34)cc2)cc1. The molecule has 1 aliphatic rings. The number of anilines is 3. The van der Waals surface area contributed by atoms with Gasteiger partial charge in [-0.15, -0.1) is 0 Å². The van der Waals surface area contributed by atoms with Crippen molar-refractivity contribution in [2.75, 3.05) is 4.90 Å². The minimum absolute atomic E-state index is 0.440. The Morgan fingerprint density at radius 3 is 1.56 bits per heavy atom. The lowest BCUT2D eigenvalue weighted by Gasteiger charge is -2.34. The van der Waals surface area contributed by atoms with E-state index in [4.69, 9.17) is 0 Å². The van der Waals surface area contributed by atoms with Crippen molar-refractivity contribution >= 4 is 38.6 Å². The van der Waals surface area contributed by atoms with E-state index < -0.39 is 5.41 Å². The predicted molar refractivity (Wildman–Crippen MR) is 219 cm³/mol. The van der Waals surface area contributed by atoms with E-state index in [-0.39, 0.29) is 0 Å². The molecule has 0 unspecified atom stereocenters. The van der Waals surface area contributed by atoms with Crippen molar-refractivity contribution in [1.82, 2.24) is 0 Å². The van der Waals surface area contributed by atoms with Gasteiger partial charge in [-0.05, 0) is 91.0 Å². The van der Waals surface area contributed by atoms with Gasteiger partial charge < -0.3 is 4.90 Å². The summed E-state index contributed by atoms with van der Waals surface area (Å²) in [7, 11) is 0. The van der Waals surface area contributed by atoms with E-state index in [2.05, 4.69) is 217 Å². The van der Waals surface area contributed by atoms with Gasteiger partial charge in [-0.1, -0.05) is 182 Å². The summed E-state index contributed by atoms with van der Waals surface area (Å²) < 4.78 is 0. The highest BCUT2D eigenvalue weighted by atomic mass is 15.1. The van der Waals surface area contributed by atoms with Crippen molar-refractivity contribution in [1.29, 1.82) is 0 Å². The second-order valence-electron chi connectivity index (χ2n) is 13.7. The third-order valence-electron chi connectivity index (χ3n) is 10.9. The summed E-state index contributed by atoms with van der Waals surface area (Å²) in [4.78, 5) is 2.46. The van der Waals surface area contributed by atoms with Crippen LogP contribution >= 0.6 is 0 Å². The van der Waals surface area contributed by atoms with Gasteiger partial charge in [-0.3, -0.25) is 0 Å². The zero-order chi connectivity index (χ0) is 34.5. The topological polar surface area (TPSA) is 3.24 Å². The maximum absolute atomic E-state index is 2.46. The van der Waals surface area contributed by atoms with Gasteiger partial charge in [0.2, 0.25) is 0 Å². The number of hydrogen-bond donors (Lipinski definition) is 0. The predicted octanol–water partition coefficient (Wildman–Crippen LogP) is 13.5. The second kappa shape index (κ2) is 12.3. The van der Waals surface area contributed by atoms with Crippen molar-refractivity contribution in [3.63, 3.8) is 0 Å². The molecule has 10 rings (SSSR count). The first-order valence-corrected chi connectivity index (χ1v) is 18.0. The van der Waals surface area contributed by atoms with E-state index in [0.29, 0.717) is 0 Å². The summed E-state index contributed by atoms with van der Waals surface area (Å²) >= 11 is 0. The minimum atomic E-state index is -0.440. The molecule has 0 fully saturated rings. The van der Waals surface area contributed by atoms with Gasteiger partial charge in [0.05, 0.1) is 11.1 Å². The Kier molecular flexibility index (Phi) is 7.11. The van der Waals surface area contributed by atoms with Crippen LogP contribution in [0.5, 0.6) is 0 Å². The molecule has 0 N–H and O–H groups in total. The highest BCUT2D eigenvalue weighted by Crippen LogP contribution is 2.57. The molecule has 9 aromatic carbocycles. The molecule has 0 saturated carbocycles. The summed E-state index contributed by atoms with van der Waals surface area (Å²) in [5.74, 6) is 0. The van der Waals surface area contributed by atoms with E-state index in [0.717, 1.165) is 17.1 Å². The van der Waals surface area contributed by atoms with Crippen LogP contribution < -0.4 is 4.90 Å². The van der Waals surface area contributed by atoms with Crippen molar-refractivity contribution in [3.8, 4) is 22.3 Å². The first kappa shape index (κ1) is 30.2. The van der Waals surface area contributed by atoms with E-state index in [9.17, 15) is 0 Å². The van der Waals surface area contributed by atoms with Crippen LogP contribution in [-0.4, -0.2) is 0 Å². The average molecular weight is 662 g/mol. The molecule has 9 aromatic rings. The molecule has 52 heavy (non-hydrogen) atoms. The average Bonchev–Trinajstić information content (AvgIpc) is 3.53. The molecule has 0 spiro atoms. The van der Waals surface area contributed by atoms with E-state index in [1.165, 1.54) is 66.1 Å². The number of benzene rings is 9. The largest absolute Gasteiger partial charge is 0.310 e. The molecule has 0 bridgehead atoms. The van der Waals surface area contributed by atoms with Crippen LogP contribution in [0.1, 0.15) is 22.3 Å². The molecule has 1 heteroatoms. The summed E-state index contributed by atoms with van der Waals surface area (Å²) in [6, 6.07) is 77.8. The number of fused-ring (bicyclic) bond motifs is 6. The van der Waals surface area contributed by atoms with Gasteiger partial charge in [-0.2, -0.15) is 0 Å². The molecular formula is C51H35N. The number of nitrogens with zero attached hydrogens (tertiary/aromatic N) is 1. The van der Waals surface area contributed by atoms with Crippen LogP contribution in [0.25, 0.3) is 43.8 Å². The van der Waals surface area contributed by atoms with Gasteiger partial charge in [0.15, 0.2) is 0 Å². The van der Waals surface area contributed by atoms with Gasteiger partial charge in [0.1, 0.15) is 0 Å². The number of rotatable bonds is 6. The van der Waals surface area contributed by atoms with Crippen LogP contribution in [0.2, 0.25) is 0 Å². The fourth-order valence-corrected chi connectivity index (χ4v) is 8.66. The first-order valence-electron chi connectivity index (χ1n) is 18.0. The van der Waals surface area contributed by atoms with Gasteiger partial charge in [0.25, 0.3) is 0 Å². The Morgan fingerprint density at radius 1 is 0.327 bits per heavy atom. The maximum atomic E-state index is 2.46. The zero-order valence-electron chi connectivity index (χ0n) is 28.7. The highest BCUT2D eigenvalue weighted by molar-refractivity contribution is 6.14. The first-order chi connectivity index (χ1) is 25.8. The van der Waals surface area contributed by atoms with Crippen molar-refractivity contribution in [3.05, 3.63) is 235 Å². The molecule has 0 aromatic heterocycles. The normalized spacial score (nSPS) is 12.8. The van der Waals surface area contributed by atoms with Gasteiger partial charge in [-0.25, -0.2) is 0 Å². The smallest absolute Gasteiger partial charge is 0.0713 e. The Labute approximate surface area is 304 Å².